The number of carbonyl (C=O) groups is 3. The number of hydrogen-bond donors (Lipinski definition) is 2. The van der Waals surface area contributed by atoms with Gasteiger partial charge in [0.15, 0.2) is 0 Å². The molecular formula is C20H26N2O4. The zero-order valence-corrected chi connectivity index (χ0v) is 14.9. The molecular weight excluding hydrogens is 332 g/mol. The van der Waals surface area contributed by atoms with Crippen LogP contribution in [0.4, 0.5) is 0 Å². The van der Waals surface area contributed by atoms with Crippen molar-refractivity contribution < 1.29 is 19.5 Å². The highest BCUT2D eigenvalue weighted by Gasteiger charge is 2.32. The Hall–Kier alpha value is -2.37. The number of amides is 2. The second-order valence-corrected chi connectivity index (χ2v) is 7.24. The summed E-state index contributed by atoms with van der Waals surface area (Å²) in [5, 5.41) is 12.3. The summed E-state index contributed by atoms with van der Waals surface area (Å²) in [5.41, 5.74) is 1.42. The predicted molar refractivity (Wildman–Crippen MR) is 96.6 cm³/mol. The summed E-state index contributed by atoms with van der Waals surface area (Å²) in [4.78, 5) is 37.6. The van der Waals surface area contributed by atoms with E-state index in [1.807, 2.05) is 12.1 Å². The first-order valence-corrected chi connectivity index (χ1v) is 9.46. The SMILES string of the molecule is O=C(NCc1ccc(C(=O)N2CCCC[C@@H]2C(=O)O)cc1)C1CCCC1. The zero-order chi connectivity index (χ0) is 18.5. The van der Waals surface area contributed by atoms with Gasteiger partial charge in [0.25, 0.3) is 5.91 Å². The van der Waals surface area contributed by atoms with Crippen LogP contribution < -0.4 is 5.32 Å². The minimum atomic E-state index is -0.940. The minimum absolute atomic E-state index is 0.111. The fourth-order valence-corrected chi connectivity index (χ4v) is 3.88. The van der Waals surface area contributed by atoms with Crippen LogP contribution in [0, 0.1) is 5.92 Å². The predicted octanol–water partition coefficient (Wildman–Crippen LogP) is 2.57. The Labute approximate surface area is 153 Å². The molecule has 1 aromatic rings. The van der Waals surface area contributed by atoms with E-state index in [-0.39, 0.29) is 17.7 Å². The van der Waals surface area contributed by atoms with Gasteiger partial charge in [0, 0.05) is 24.6 Å². The number of nitrogens with zero attached hydrogens (tertiary/aromatic N) is 1. The summed E-state index contributed by atoms with van der Waals surface area (Å²) < 4.78 is 0. The number of likely N-dealkylation sites (tertiary alicyclic amines) is 1. The Bertz CT molecular complexity index is 665. The van der Waals surface area contributed by atoms with Gasteiger partial charge >= 0.3 is 5.97 Å². The maximum atomic E-state index is 12.7. The van der Waals surface area contributed by atoms with Gasteiger partial charge in [-0.3, -0.25) is 9.59 Å². The Morgan fingerprint density at radius 1 is 1.00 bits per heavy atom. The van der Waals surface area contributed by atoms with Gasteiger partial charge in [0.2, 0.25) is 5.91 Å². The number of nitrogens with one attached hydrogen (secondary N) is 1. The van der Waals surface area contributed by atoms with Crippen molar-refractivity contribution in [3.8, 4) is 0 Å². The normalized spacial score (nSPS) is 20.8. The molecule has 2 amide bonds. The maximum Gasteiger partial charge on any atom is 0.326 e. The number of carboxylic acid groups (broad SMARTS) is 1. The molecule has 0 bridgehead atoms. The Morgan fingerprint density at radius 2 is 1.65 bits per heavy atom. The Kier molecular flexibility index (Phi) is 5.91. The first kappa shape index (κ1) is 18.4. The number of benzene rings is 1. The van der Waals surface area contributed by atoms with Crippen LogP contribution in [0.2, 0.25) is 0 Å². The van der Waals surface area contributed by atoms with Crippen molar-refractivity contribution >= 4 is 17.8 Å². The highest BCUT2D eigenvalue weighted by molar-refractivity contribution is 5.96. The third kappa shape index (κ3) is 4.23. The summed E-state index contributed by atoms with van der Waals surface area (Å²) in [6, 6.07) is 6.34. The van der Waals surface area contributed by atoms with Crippen molar-refractivity contribution in [2.75, 3.05) is 6.54 Å². The fourth-order valence-electron chi connectivity index (χ4n) is 3.88. The van der Waals surface area contributed by atoms with Crippen LogP contribution in [0.3, 0.4) is 0 Å². The quantitative estimate of drug-likeness (QED) is 0.847. The van der Waals surface area contributed by atoms with E-state index in [2.05, 4.69) is 5.32 Å². The highest BCUT2D eigenvalue weighted by atomic mass is 16.4. The van der Waals surface area contributed by atoms with E-state index in [4.69, 9.17) is 0 Å². The average molecular weight is 358 g/mol. The third-order valence-electron chi connectivity index (χ3n) is 5.44. The van der Waals surface area contributed by atoms with Crippen molar-refractivity contribution in [3.05, 3.63) is 35.4 Å². The summed E-state index contributed by atoms with van der Waals surface area (Å²) in [5.74, 6) is -0.925. The van der Waals surface area contributed by atoms with Gasteiger partial charge in [-0.1, -0.05) is 25.0 Å². The second kappa shape index (κ2) is 8.34. The molecule has 0 unspecified atom stereocenters. The Balaban J connectivity index is 1.58. The molecule has 1 atom stereocenters. The van der Waals surface area contributed by atoms with E-state index in [1.54, 1.807) is 12.1 Å². The minimum Gasteiger partial charge on any atom is -0.480 e. The van der Waals surface area contributed by atoms with Gasteiger partial charge in [0.1, 0.15) is 6.04 Å². The lowest BCUT2D eigenvalue weighted by atomic mass is 10.0. The lowest BCUT2D eigenvalue weighted by Crippen LogP contribution is -2.47. The number of carbonyl (C=O) groups excluding carboxylic acids is 2. The summed E-state index contributed by atoms with van der Waals surface area (Å²) in [6.07, 6.45) is 6.37. The second-order valence-electron chi connectivity index (χ2n) is 7.24. The van der Waals surface area contributed by atoms with Gasteiger partial charge in [-0.15, -0.1) is 0 Å². The standard InChI is InChI=1S/C20H26N2O4/c23-18(15-5-1-2-6-15)21-13-14-8-10-16(11-9-14)19(24)22-12-4-3-7-17(22)20(25)26/h8-11,15,17H,1-7,12-13H2,(H,21,23)(H,25,26)/t17-/m1/s1. The van der Waals surface area contributed by atoms with Gasteiger partial charge in [-0.05, 0) is 49.8 Å². The van der Waals surface area contributed by atoms with E-state index >= 15 is 0 Å². The molecule has 26 heavy (non-hydrogen) atoms. The number of aliphatic carboxylic acids is 1. The van der Waals surface area contributed by atoms with Crippen LogP contribution in [-0.4, -0.2) is 40.4 Å². The van der Waals surface area contributed by atoms with Crippen LogP contribution in [0.15, 0.2) is 24.3 Å². The first-order valence-electron chi connectivity index (χ1n) is 9.46. The molecule has 1 saturated heterocycles. The molecule has 1 aliphatic carbocycles. The highest BCUT2D eigenvalue weighted by Crippen LogP contribution is 2.25. The number of piperidine rings is 1. The lowest BCUT2D eigenvalue weighted by molar-refractivity contribution is -0.143. The molecule has 6 nitrogen and oxygen atoms in total. The summed E-state index contributed by atoms with van der Waals surface area (Å²) in [6.45, 7) is 0.931. The van der Waals surface area contributed by atoms with Gasteiger partial charge in [0.05, 0.1) is 0 Å². The van der Waals surface area contributed by atoms with Crippen LogP contribution >= 0.6 is 0 Å². The van der Waals surface area contributed by atoms with Crippen molar-refractivity contribution in [3.63, 3.8) is 0 Å². The smallest absolute Gasteiger partial charge is 0.326 e. The Morgan fingerprint density at radius 3 is 2.31 bits per heavy atom. The molecule has 1 saturated carbocycles. The van der Waals surface area contributed by atoms with E-state index in [9.17, 15) is 19.5 Å². The van der Waals surface area contributed by atoms with Crippen molar-refractivity contribution in [1.82, 2.24) is 10.2 Å². The zero-order valence-electron chi connectivity index (χ0n) is 14.9. The van der Waals surface area contributed by atoms with Crippen molar-refractivity contribution in [1.29, 1.82) is 0 Å². The number of carboxylic acids is 1. The molecule has 0 spiro atoms. The summed E-state index contributed by atoms with van der Waals surface area (Å²) in [7, 11) is 0. The summed E-state index contributed by atoms with van der Waals surface area (Å²) >= 11 is 0. The molecule has 0 aromatic heterocycles. The molecule has 0 radical (unpaired) electrons. The molecule has 1 aromatic carbocycles. The largest absolute Gasteiger partial charge is 0.480 e. The van der Waals surface area contributed by atoms with E-state index < -0.39 is 12.0 Å². The molecule has 1 heterocycles. The number of hydrogen-bond acceptors (Lipinski definition) is 3. The molecule has 6 heteroatoms. The van der Waals surface area contributed by atoms with E-state index in [1.165, 1.54) is 4.90 Å². The molecule has 2 N–H and O–H groups in total. The van der Waals surface area contributed by atoms with Crippen LogP contribution in [0.1, 0.15) is 60.9 Å². The van der Waals surface area contributed by atoms with Gasteiger partial charge in [-0.2, -0.15) is 0 Å². The van der Waals surface area contributed by atoms with Crippen molar-refractivity contribution in [2.24, 2.45) is 5.92 Å². The molecule has 2 aliphatic rings. The van der Waals surface area contributed by atoms with E-state index in [0.717, 1.165) is 44.1 Å². The molecule has 140 valence electrons. The van der Waals surface area contributed by atoms with Crippen molar-refractivity contribution in [2.45, 2.75) is 57.5 Å². The van der Waals surface area contributed by atoms with Crippen LogP contribution in [-0.2, 0) is 16.1 Å². The lowest BCUT2D eigenvalue weighted by Gasteiger charge is -2.33. The van der Waals surface area contributed by atoms with E-state index in [0.29, 0.717) is 25.1 Å². The fraction of sp³-hybridized carbons (Fsp3) is 0.550. The average Bonchev–Trinajstić information content (AvgIpc) is 3.21. The topological polar surface area (TPSA) is 86.7 Å². The van der Waals surface area contributed by atoms with Gasteiger partial charge in [-0.25, -0.2) is 4.79 Å². The van der Waals surface area contributed by atoms with Gasteiger partial charge < -0.3 is 15.3 Å². The third-order valence-corrected chi connectivity index (χ3v) is 5.44. The first-order chi connectivity index (χ1) is 12.6. The number of rotatable bonds is 5. The molecule has 3 rings (SSSR count). The molecule has 2 fully saturated rings. The maximum absolute atomic E-state index is 12.7. The monoisotopic (exact) mass is 358 g/mol. The molecule has 1 aliphatic heterocycles. The van der Waals surface area contributed by atoms with Crippen LogP contribution in [0.25, 0.3) is 0 Å². The van der Waals surface area contributed by atoms with Crippen LogP contribution in [0.5, 0.6) is 0 Å².